The van der Waals surface area contributed by atoms with E-state index in [0.717, 1.165) is 19.7 Å². The van der Waals surface area contributed by atoms with Crippen LogP contribution >= 0.6 is 0 Å². The molecule has 3 heteroatoms. The van der Waals surface area contributed by atoms with E-state index in [2.05, 4.69) is 17.3 Å². The third-order valence-electron chi connectivity index (χ3n) is 2.57. The summed E-state index contributed by atoms with van der Waals surface area (Å²) >= 11 is 0. The van der Waals surface area contributed by atoms with Crippen LogP contribution in [0.2, 0.25) is 0 Å². The summed E-state index contributed by atoms with van der Waals surface area (Å²) in [5.41, 5.74) is 0.0208. The fraction of sp³-hybridized carbons (Fsp3) is 1.00. The van der Waals surface area contributed by atoms with Gasteiger partial charge in [0.05, 0.1) is 6.61 Å². The maximum absolute atomic E-state index is 5.70. The van der Waals surface area contributed by atoms with Crippen molar-refractivity contribution in [1.29, 1.82) is 0 Å². The third kappa shape index (κ3) is 1.41. The highest BCUT2D eigenvalue weighted by atomic mass is 16.5. The van der Waals surface area contributed by atoms with Crippen LogP contribution in [0, 0.1) is 0 Å². The second-order valence-electron chi connectivity index (χ2n) is 3.61. The first kappa shape index (κ1) is 7.53. The van der Waals surface area contributed by atoms with Crippen molar-refractivity contribution in [2.24, 2.45) is 0 Å². The van der Waals surface area contributed by atoms with Crippen molar-refractivity contribution < 1.29 is 4.74 Å². The van der Waals surface area contributed by atoms with E-state index in [1.165, 1.54) is 19.4 Å². The van der Waals surface area contributed by atoms with Crippen LogP contribution in [0.15, 0.2) is 0 Å². The lowest BCUT2D eigenvalue weighted by Gasteiger charge is -2.37. The molecule has 1 spiro atoms. The molecule has 11 heavy (non-hydrogen) atoms. The molecule has 0 amide bonds. The normalized spacial score (nSPS) is 40.1. The minimum absolute atomic E-state index is 0.0208. The Balaban J connectivity index is 2.00. The van der Waals surface area contributed by atoms with Crippen LogP contribution in [0.1, 0.15) is 12.8 Å². The van der Waals surface area contributed by atoms with Crippen molar-refractivity contribution in [2.45, 2.75) is 18.6 Å². The molecule has 2 rings (SSSR count). The van der Waals surface area contributed by atoms with E-state index >= 15 is 0 Å². The highest BCUT2D eigenvalue weighted by Gasteiger charge is 2.37. The predicted molar refractivity (Wildman–Crippen MR) is 43.4 cm³/mol. The Kier molecular flexibility index (Phi) is 1.87. The quantitative estimate of drug-likeness (QED) is 0.535. The van der Waals surface area contributed by atoms with Gasteiger partial charge in [-0.3, -0.25) is 5.32 Å². The highest BCUT2D eigenvalue weighted by Crippen LogP contribution is 2.23. The van der Waals surface area contributed by atoms with Crippen molar-refractivity contribution in [1.82, 2.24) is 10.2 Å². The topological polar surface area (TPSA) is 24.5 Å². The lowest BCUT2D eigenvalue weighted by Crippen LogP contribution is -2.53. The molecule has 0 aromatic heterocycles. The Morgan fingerprint density at radius 2 is 2.45 bits per heavy atom. The van der Waals surface area contributed by atoms with Gasteiger partial charge in [0.2, 0.25) is 0 Å². The van der Waals surface area contributed by atoms with E-state index in [-0.39, 0.29) is 5.72 Å². The Labute approximate surface area is 67.7 Å². The SMILES string of the molecule is CN1CCCC2(C1)NCCO2. The van der Waals surface area contributed by atoms with Gasteiger partial charge in [-0.1, -0.05) is 0 Å². The van der Waals surface area contributed by atoms with Gasteiger partial charge in [-0.15, -0.1) is 0 Å². The second-order valence-corrected chi connectivity index (χ2v) is 3.61. The van der Waals surface area contributed by atoms with Crippen molar-refractivity contribution in [3.63, 3.8) is 0 Å². The smallest absolute Gasteiger partial charge is 0.132 e. The van der Waals surface area contributed by atoms with Crippen LogP contribution in [-0.2, 0) is 4.74 Å². The van der Waals surface area contributed by atoms with Crippen LogP contribution in [0.3, 0.4) is 0 Å². The van der Waals surface area contributed by atoms with Crippen molar-refractivity contribution in [3.05, 3.63) is 0 Å². The number of rotatable bonds is 0. The molecule has 0 radical (unpaired) electrons. The lowest BCUT2D eigenvalue weighted by atomic mass is 10.0. The average Bonchev–Trinajstić information content (AvgIpc) is 2.37. The fourth-order valence-corrected chi connectivity index (χ4v) is 2.07. The van der Waals surface area contributed by atoms with Gasteiger partial charge in [0.1, 0.15) is 5.72 Å². The molecule has 0 bridgehead atoms. The predicted octanol–water partition coefficient (Wildman–Crippen LogP) is 0.0281. The summed E-state index contributed by atoms with van der Waals surface area (Å²) in [6.07, 6.45) is 2.43. The molecule has 3 nitrogen and oxygen atoms in total. The number of nitrogens with one attached hydrogen (secondary N) is 1. The molecule has 2 heterocycles. The highest BCUT2D eigenvalue weighted by molar-refractivity contribution is 4.88. The minimum atomic E-state index is 0.0208. The summed E-state index contributed by atoms with van der Waals surface area (Å²) < 4.78 is 5.70. The number of likely N-dealkylation sites (N-methyl/N-ethyl adjacent to an activating group) is 1. The summed E-state index contributed by atoms with van der Waals surface area (Å²) in [6, 6.07) is 0. The molecule has 2 saturated heterocycles. The zero-order valence-corrected chi connectivity index (χ0v) is 7.10. The molecule has 1 N–H and O–H groups in total. The standard InChI is InChI=1S/C8H16N2O/c1-10-5-2-3-8(7-10)9-4-6-11-8/h9H,2-7H2,1H3. The van der Waals surface area contributed by atoms with Gasteiger partial charge in [0, 0.05) is 13.1 Å². The van der Waals surface area contributed by atoms with E-state index in [4.69, 9.17) is 4.74 Å². The Hall–Kier alpha value is -0.120. The van der Waals surface area contributed by atoms with Crippen LogP contribution in [0.25, 0.3) is 0 Å². The van der Waals surface area contributed by atoms with E-state index in [1.807, 2.05) is 0 Å². The van der Waals surface area contributed by atoms with Gasteiger partial charge >= 0.3 is 0 Å². The zero-order valence-electron chi connectivity index (χ0n) is 7.10. The first-order valence-electron chi connectivity index (χ1n) is 4.38. The molecule has 2 aliphatic rings. The van der Waals surface area contributed by atoms with E-state index < -0.39 is 0 Å². The zero-order chi connectivity index (χ0) is 7.73. The molecule has 1 atom stereocenters. The Bertz CT molecular complexity index is 143. The maximum Gasteiger partial charge on any atom is 0.132 e. The minimum Gasteiger partial charge on any atom is -0.358 e. The van der Waals surface area contributed by atoms with Crippen LogP contribution < -0.4 is 5.32 Å². The molecular formula is C8H16N2O. The third-order valence-corrected chi connectivity index (χ3v) is 2.57. The Morgan fingerprint density at radius 3 is 3.09 bits per heavy atom. The number of ether oxygens (including phenoxy) is 1. The molecule has 0 aliphatic carbocycles. The first-order chi connectivity index (χ1) is 5.31. The maximum atomic E-state index is 5.70. The number of nitrogens with zero attached hydrogens (tertiary/aromatic N) is 1. The Morgan fingerprint density at radius 1 is 1.55 bits per heavy atom. The molecule has 2 fully saturated rings. The van der Waals surface area contributed by atoms with Crippen LogP contribution in [0.4, 0.5) is 0 Å². The van der Waals surface area contributed by atoms with Gasteiger partial charge in [-0.05, 0) is 26.4 Å². The van der Waals surface area contributed by atoms with Crippen LogP contribution in [-0.4, -0.2) is 43.9 Å². The summed E-state index contributed by atoms with van der Waals surface area (Å²) in [4.78, 5) is 2.34. The number of hydrogen-bond donors (Lipinski definition) is 1. The molecular weight excluding hydrogens is 140 g/mol. The monoisotopic (exact) mass is 156 g/mol. The van der Waals surface area contributed by atoms with Gasteiger partial charge in [-0.25, -0.2) is 0 Å². The van der Waals surface area contributed by atoms with Gasteiger partial charge in [0.15, 0.2) is 0 Å². The van der Waals surface area contributed by atoms with Gasteiger partial charge < -0.3 is 9.64 Å². The van der Waals surface area contributed by atoms with Crippen molar-refractivity contribution in [3.8, 4) is 0 Å². The van der Waals surface area contributed by atoms with Crippen molar-refractivity contribution >= 4 is 0 Å². The van der Waals surface area contributed by atoms with Crippen molar-refractivity contribution in [2.75, 3.05) is 33.3 Å². The fourth-order valence-electron chi connectivity index (χ4n) is 2.07. The molecule has 2 aliphatic heterocycles. The largest absolute Gasteiger partial charge is 0.358 e. The summed E-state index contributed by atoms with van der Waals surface area (Å²) in [6.45, 7) is 4.17. The van der Waals surface area contributed by atoms with E-state index in [0.29, 0.717) is 0 Å². The summed E-state index contributed by atoms with van der Waals surface area (Å²) in [5.74, 6) is 0. The van der Waals surface area contributed by atoms with Gasteiger partial charge in [-0.2, -0.15) is 0 Å². The number of piperidine rings is 1. The summed E-state index contributed by atoms with van der Waals surface area (Å²) in [5, 5.41) is 3.44. The number of likely N-dealkylation sites (tertiary alicyclic amines) is 1. The van der Waals surface area contributed by atoms with E-state index in [9.17, 15) is 0 Å². The first-order valence-corrected chi connectivity index (χ1v) is 4.38. The molecule has 1 unspecified atom stereocenters. The molecule has 0 aromatic carbocycles. The molecule has 64 valence electrons. The lowest BCUT2D eigenvalue weighted by molar-refractivity contribution is -0.0581. The number of hydrogen-bond acceptors (Lipinski definition) is 3. The second kappa shape index (κ2) is 2.73. The molecule has 0 aromatic rings. The average molecular weight is 156 g/mol. The van der Waals surface area contributed by atoms with Gasteiger partial charge in [0.25, 0.3) is 0 Å². The van der Waals surface area contributed by atoms with Crippen LogP contribution in [0.5, 0.6) is 0 Å². The summed E-state index contributed by atoms with van der Waals surface area (Å²) in [7, 11) is 2.16. The van der Waals surface area contributed by atoms with E-state index in [1.54, 1.807) is 0 Å². The molecule has 0 saturated carbocycles.